The van der Waals surface area contributed by atoms with Crippen molar-refractivity contribution in [2.45, 2.75) is 17.2 Å². The van der Waals surface area contributed by atoms with E-state index in [1.807, 2.05) is 0 Å². The summed E-state index contributed by atoms with van der Waals surface area (Å²) in [5.74, 6) is -2.67. The number of rotatable bonds is 5. The molecule has 2 aromatic heterocycles. The van der Waals surface area contributed by atoms with Gasteiger partial charge in [0.25, 0.3) is 0 Å². The molecule has 0 spiro atoms. The second-order valence-electron chi connectivity index (χ2n) is 4.80. The van der Waals surface area contributed by atoms with Crippen LogP contribution in [0, 0.1) is 6.92 Å². The predicted octanol–water partition coefficient (Wildman–Crippen LogP) is -0.496. The van der Waals surface area contributed by atoms with Gasteiger partial charge in [0.1, 0.15) is 0 Å². The van der Waals surface area contributed by atoms with Crippen molar-refractivity contribution >= 4 is 25.6 Å². The van der Waals surface area contributed by atoms with E-state index >= 15 is 0 Å². The first-order valence-electron chi connectivity index (χ1n) is 6.32. The summed E-state index contributed by atoms with van der Waals surface area (Å²) in [6, 6.07) is 1.38. The lowest BCUT2D eigenvalue weighted by atomic mass is 10.2. The number of aromatic nitrogens is 4. The fourth-order valence-electron chi connectivity index (χ4n) is 1.74. The van der Waals surface area contributed by atoms with Crippen LogP contribution < -0.4 is 0 Å². The van der Waals surface area contributed by atoms with Crippen molar-refractivity contribution in [3.05, 3.63) is 24.2 Å². The van der Waals surface area contributed by atoms with E-state index in [4.69, 9.17) is 5.11 Å². The van der Waals surface area contributed by atoms with Crippen LogP contribution in [0.5, 0.6) is 0 Å². The molecule has 2 heterocycles. The van der Waals surface area contributed by atoms with E-state index in [1.165, 1.54) is 19.2 Å². The molecule has 12 heteroatoms. The van der Waals surface area contributed by atoms with Gasteiger partial charge in [0.05, 0.1) is 11.4 Å². The molecule has 0 atom stereocenters. The van der Waals surface area contributed by atoms with E-state index in [1.54, 1.807) is 0 Å². The Morgan fingerprint density at radius 2 is 1.79 bits per heavy atom. The Kier molecular flexibility index (Phi) is 4.62. The maximum Gasteiger partial charge on any atom is 0.319 e. The summed E-state index contributed by atoms with van der Waals surface area (Å²) in [4.78, 5) is 25.6. The van der Waals surface area contributed by atoms with Gasteiger partial charge in [-0.2, -0.15) is 0 Å². The highest BCUT2D eigenvalue weighted by Crippen LogP contribution is 2.21. The molecule has 0 bridgehead atoms. The largest absolute Gasteiger partial charge is 0.480 e. The van der Waals surface area contributed by atoms with Gasteiger partial charge in [0.15, 0.2) is 5.75 Å². The quantitative estimate of drug-likeness (QED) is 0.678. The summed E-state index contributed by atoms with van der Waals surface area (Å²) >= 11 is 0. The Hall–Kier alpha value is -2.47. The first kappa shape index (κ1) is 17.9. The van der Waals surface area contributed by atoms with Gasteiger partial charge in [-0.1, -0.05) is 0 Å². The van der Waals surface area contributed by atoms with Crippen LogP contribution in [0.2, 0.25) is 0 Å². The highest BCUT2D eigenvalue weighted by molar-refractivity contribution is 7.92. The molecule has 10 nitrogen and oxygen atoms in total. The Bertz CT molecular complexity index is 1020. The van der Waals surface area contributed by atoms with Crippen molar-refractivity contribution in [1.82, 2.24) is 19.9 Å². The van der Waals surface area contributed by atoms with Crippen LogP contribution >= 0.6 is 0 Å². The lowest BCUT2D eigenvalue weighted by molar-refractivity contribution is -0.134. The molecule has 1 N–H and O–H groups in total. The van der Waals surface area contributed by atoms with Gasteiger partial charge in [0.2, 0.25) is 30.0 Å². The third-order valence-electron chi connectivity index (χ3n) is 2.79. The van der Waals surface area contributed by atoms with Crippen LogP contribution in [-0.2, 0) is 24.5 Å². The molecule has 0 aliphatic carbocycles. The zero-order valence-corrected chi connectivity index (χ0v) is 14.2. The number of carbonyl (C=O) groups is 1. The zero-order valence-electron chi connectivity index (χ0n) is 12.5. The topological polar surface area (TPSA) is 157 Å². The standard InChI is InChI=1S/C12H12N4O6S2/c1-7-8(5-14-11(15-7)23(2,19)20)9-3-4-13-12(16-9)24(21,22)6-10(17)18/h3-5H,6H2,1-2H3,(H,17,18). The SMILES string of the molecule is Cc1nc(S(C)(=O)=O)ncc1-c1ccnc(S(=O)(=O)CC(=O)O)n1. The fourth-order valence-corrected chi connectivity index (χ4v) is 3.20. The van der Waals surface area contributed by atoms with Crippen molar-refractivity contribution in [3.63, 3.8) is 0 Å². The minimum Gasteiger partial charge on any atom is -0.480 e. The van der Waals surface area contributed by atoms with Crippen molar-refractivity contribution < 1.29 is 26.7 Å². The molecule has 2 aromatic rings. The summed E-state index contributed by atoms with van der Waals surface area (Å²) in [5, 5.41) is 7.63. The normalized spacial score (nSPS) is 12.1. The van der Waals surface area contributed by atoms with E-state index in [0.29, 0.717) is 5.56 Å². The molecule has 0 aliphatic rings. The zero-order chi connectivity index (χ0) is 18.1. The van der Waals surface area contributed by atoms with E-state index in [-0.39, 0.29) is 16.5 Å². The molecule has 0 amide bonds. The molecule has 0 unspecified atom stereocenters. The van der Waals surface area contributed by atoms with Gasteiger partial charge in [0, 0.05) is 24.2 Å². The maximum atomic E-state index is 11.9. The molecule has 0 saturated carbocycles. The molecule has 24 heavy (non-hydrogen) atoms. The van der Waals surface area contributed by atoms with Crippen LogP contribution in [0.25, 0.3) is 11.3 Å². The smallest absolute Gasteiger partial charge is 0.319 e. The van der Waals surface area contributed by atoms with Crippen LogP contribution in [0.15, 0.2) is 28.8 Å². The van der Waals surface area contributed by atoms with Gasteiger partial charge in [-0.05, 0) is 13.0 Å². The fraction of sp³-hybridized carbons (Fsp3) is 0.250. The van der Waals surface area contributed by atoms with Crippen LogP contribution in [0.1, 0.15) is 5.69 Å². The highest BCUT2D eigenvalue weighted by Gasteiger charge is 2.23. The highest BCUT2D eigenvalue weighted by atomic mass is 32.2. The molecule has 2 rings (SSSR count). The van der Waals surface area contributed by atoms with Crippen LogP contribution in [-0.4, -0.2) is 59.9 Å². The number of aryl methyl sites for hydroxylation is 1. The summed E-state index contributed by atoms with van der Waals surface area (Å²) in [7, 11) is -7.78. The minimum atomic E-state index is -4.19. The average molecular weight is 372 g/mol. The van der Waals surface area contributed by atoms with E-state index in [2.05, 4.69) is 19.9 Å². The van der Waals surface area contributed by atoms with Crippen molar-refractivity contribution in [3.8, 4) is 11.3 Å². The Balaban J connectivity index is 2.52. The van der Waals surface area contributed by atoms with Crippen molar-refractivity contribution in [2.24, 2.45) is 0 Å². The molecular formula is C12H12N4O6S2. The van der Waals surface area contributed by atoms with E-state index in [0.717, 1.165) is 12.5 Å². The second-order valence-corrected chi connectivity index (χ2v) is 8.59. The van der Waals surface area contributed by atoms with Gasteiger partial charge in [-0.25, -0.2) is 36.8 Å². The number of aliphatic carboxylic acids is 1. The summed E-state index contributed by atoms with van der Waals surface area (Å²) in [6.45, 7) is 1.51. The number of carboxylic acids is 1. The van der Waals surface area contributed by atoms with Crippen LogP contribution in [0.3, 0.4) is 0 Å². The lowest BCUT2D eigenvalue weighted by Gasteiger charge is -2.07. The molecule has 0 aromatic carbocycles. The van der Waals surface area contributed by atoms with Gasteiger partial charge < -0.3 is 5.11 Å². The molecule has 0 saturated heterocycles. The number of hydrogen-bond acceptors (Lipinski definition) is 9. The molecule has 0 fully saturated rings. The van der Waals surface area contributed by atoms with E-state index in [9.17, 15) is 21.6 Å². The number of sulfone groups is 2. The van der Waals surface area contributed by atoms with Gasteiger partial charge in [-0.15, -0.1) is 0 Å². The number of hydrogen-bond donors (Lipinski definition) is 1. The van der Waals surface area contributed by atoms with Gasteiger partial charge in [-0.3, -0.25) is 4.79 Å². The molecule has 128 valence electrons. The molecular weight excluding hydrogens is 360 g/mol. The molecule has 0 radical (unpaired) electrons. The summed E-state index contributed by atoms with van der Waals surface area (Å²) in [5.41, 5.74) is 0.703. The number of carboxylic acid groups (broad SMARTS) is 1. The monoisotopic (exact) mass is 372 g/mol. The first-order valence-corrected chi connectivity index (χ1v) is 9.87. The van der Waals surface area contributed by atoms with Crippen molar-refractivity contribution in [1.29, 1.82) is 0 Å². The number of nitrogens with zero attached hydrogens (tertiary/aromatic N) is 4. The second kappa shape index (κ2) is 6.20. The third kappa shape index (κ3) is 3.89. The van der Waals surface area contributed by atoms with Gasteiger partial charge >= 0.3 is 5.97 Å². The summed E-state index contributed by atoms with van der Waals surface area (Å²) < 4.78 is 46.6. The Morgan fingerprint density at radius 3 is 2.33 bits per heavy atom. The predicted molar refractivity (Wildman–Crippen MR) is 80.6 cm³/mol. The lowest BCUT2D eigenvalue weighted by Crippen LogP contribution is -2.18. The minimum absolute atomic E-state index is 0.131. The van der Waals surface area contributed by atoms with Crippen LogP contribution in [0.4, 0.5) is 0 Å². The Labute approximate surface area is 137 Å². The Morgan fingerprint density at radius 1 is 1.12 bits per heavy atom. The average Bonchev–Trinajstić information content (AvgIpc) is 2.45. The van der Waals surface area contributed by atoms with E-state index < -0.39 is 36.6 Å². The molecule has 0 aliphatic heterocycles. The maximum absolute atomic E-state index is 11.9. The summed E-state index contributed by atoms with van der Waals surface area (Å²) in [6.07, 6.45) is 3.32. The first-order chi connectivity index (χ1) is 11.0. The van der Waals surface area contributed by atoms with Crippen molar-refractivity contribution in [2.75, 3.05) is 12.0 Å². The third-order valence-corrected chi connectivity index (χ3v) is 5.03.